The smallest absolute Gasteiger partial charge is 0.387 e. The van der Waals surface area contributed by atoms with Crippen LogP contribution in [0.2, 0.25) is 0 Å². The molecule has 150 valence electrons. The average Bonchev–Trinajstić information content (AvgIpc) is 2.98. The molecule has 0 amide bonds. The van der Waals surface area contributed by atoms with E-state index in [2.05, 4.69) is 22.3 Å². The first-order chi connectivity index (χ1) is 13.4. The molecule has 0 spiro atoms. The first-order valence-corrected chi connectivity index (χ1v) is 9.96. The number of thiophene rings is 1. The Hall–Kier alpha value is -2.26. The highest BCUT2D eigenvalue weighted by Gasteiger charge is 2.28. The second-order valence-corrected chi connectivity index (χ2v) is 8.01. The average molecular weight is 427 g/mol. The molecule has 0 radical (unpaired) electrons. The molecule has 0 saturated heterocycles. The van der Waals surface area contributed by atoms with Gasteiger partial charge < -0.3 is 20.1 Å². The predicted molar refractivity (Wildman–Crippen MR) is 110 cm³/mol. The first-order valence-electron chi connectivity index (χ1n) is 8.73. The quantitative estimate of drug-likeness (QED) is 0.514. The van der Waals surface area contributed by atoms with Gasteiger partial charge in [0.1, 0.15) is 10.8 Å². The summed E-state index contributed by atoms with van der Waals surface area (Å²) in [5.74, 6) is 0.112. The van der Waals surface area contributed by atoms with Crippen LogP contribution >= 0.6 is 23.6 Å². The molecule has 5 nitrogen and oxygen atoms in total. The molecule has 0 bridgehead atoms. The number of ether oxygens (including phenoxy) is 2. The summed E-state index contributed by atoms with van der Waals surface area (Å²) in [5, 5.41) is 6.64. The van der Waals surface area contributed by atoms with Crippen LogP contribution in [0, 0.1) is 5.92 Å². The Morgan fingerprint density at radius 1 is 1.32 bits per heavy atom. The second-order valence-electron chi connectivity index (χ2n) is 6.50. The van der Waals surface area contributed by atoms with Crippen molar-refractivity contribution in [1.82, 2.24) is 0 Å². The molecule has 0 fully saturated rings. The Bertz CT molecular complexity index is 886. The lowest BCUT2D eigenvalue weighted by molar-refractivity contribution is -0.0493. The molecule has 28 heavy (non-hydrogen) atoms. The standard InChI is InChI=1S/C19H20F2N2O3S2/c1-10-7-8-11-14(9-10)28-16(15(11)17(24)25-2)23-19(27)22-12-5-3-4-6-13(12)26-18(20)21/h3-6,10,18H,7-9H2,1-2H3,(H2,22,23,27). The SMILES string of the molecule is COC(=O)c1c(NC(=S)Nc2ccccc2OC(F)F)sc2c1CCC(C)C2. The zero-order valence-corrected chi connectivity index (χ0v) is 17.0. The highest BCUT2D eigenvalue weighted by molar-refractivity contribution is 7.80. The van der Waals surface area contributed by atoms with E-state index >= 15 is 0 Å². The molecule has 2 aromatic rings. The number of anilines is 2. The molecule has 1 atom stereocenters. The molecule has 3 rings (SSSR count). The molecule has 1 aliphatic rings. The molecule has 1 unspecified atom stereocenters. The van der Waals surface area contributed by atoms with Gasteiger partial charge in [0.15, 0.2) is 5.11 Å². The lowest BCUT2D eigenvalue weighted by Gasteiger charge is -2.18. The Morgan fingerprint density at radius 3 is 2.79 bits per heavy atom. The summed E-state index contributed by atoms with van der Waals surface area (Å²) in [6.07, 6.45) is 2.72. The lowest BCUT2D eigenvalue weighted by Crippen LogP contribution is -2.21. The zero-order valence-electron chi connectivity index (χ0n) is 15.4. The van der Waals surface area contributed by atoms with Gasteiger partial charge >= 0.3 is 12.6 Å². The summed E-state index contributed by atoms with van der Waals surface area (Å²) in [5.41, 5.74) is 1.80. The van der Waals surface area contributed by atoms with Crippen LogP contribution in [0.3, 0.4) is 0 Å². The molecule has 9 heteroatoms. The van der Waals surface area contributed by atoms with E-state index in [1.807, 2.05) is 0 Å². The van der Waals surface area contributed by atoms with Gasteiger partial charge in [0.25, 0.3) is 0 Å². The van der Waals surface area contributed by atoms with Crippen molar-refractivity contribution < 1.29 is 23.0 Å². The minimum atomic E-state index is -2.94. The van der Waals surface area contributed by atoms with Crippen molar-refractivity contribution in [2.75, 3.05) is 17.7 Å². The van der Waals surface area contributed by atoms with E-state index in [0.29, 0.717) is 22.2 Å². The number of rotatable bonds is 5. The van der Waals surface area contributed by atoms with Gasteiger partial charge in [-0.25, -0.2) is 4.79 Å². The highest BCUT2D eigenvalue weighted by Crippen LogP contribution is 2.40. The molecule has 1 aromatic carbocycles. The number of nitrogens with one attached hydrogen (secondary N) is 2. The Labute approximate surface area is 171 Å². The number of methoxy groups -OCH3 is 1. The fourth-order valence-electron chi connectivity index (χ4n) is 3.18. The number of esters is 1. The maximum absolute atomic E-state index is 12.6. The van der Waals surface area contributed by atoms with E-state index in [1.54, 1.807) is 18.2 Å². The maximum atomic E-state index is 12.6. The maximum Gasteiger partial charge on any atom is 0.387 e. The number of benzene rings is 1. The van der Waals surface area contributed by atoms with E-state index in [4.69, 9.17) is 17.0 Å². The molecule has 0 saturated carbocycles. The van der Waals surface area contributed by atoms with Gasteiger partial charge in [-0.05, 0) is 55.1 Å². The summed E-state index contributed by atoms with van der Waals surface area (Å²) in [4.78, 5) is 13.5. The topological polar surface area (TPSA) is 59.6 Å². The fourth-order valence-corrected chi connectivity index (χ4v) is 4.86. The van der Waals surface area contributed by atoms with Crippen LogP contribution in [0.15, 0.2) is 24.3 Å². The zero-order chi connectivity index (χ0) is 20.3. The van der Waals surface area contributed by atoms with Crippen molar-refractivity contribution in [1.29, 1.82) is 0 Å². The molecule has 1 aromatic heterocycles. The van der Waals surface area contributed by atoms with Crippen LogP contribution in [0.4, 0.5) is 19.5 Å². The summed E-state index contributed by atoms with van der Waals surface area (Å²) < 4.78 is 34.6. The van der Waals surface area contributed by atoms with Crippen LogP contribution in [0.1, 0.15) is 34.1 Å². The third kappa shape index (κ3) is 4.59. The van der Waals surface area contributed by atoms with Crippen LogP contribution < -0.4 is 15.4 Å². The summed E-state index contributed by atoms with van der Waals surface area (Å²) in [7, 11) is 1.34. The summed E-state index contributed by atoms with van der Waals surface area (Å²) in [6, 6.07) is 6.26. The van der Waals surface area contributed by atoms with Crippen LogP contribution in [0.5, 0.6) is 5.75 Å². The first kappa shape index (κ1) is 20.5. The number of para-hydroxylation sites is 2. The van der Waals surface area contributed by atoms with Crippen molar-refractivity contribution in [2.24, 2.45) is 5.92 Å². The van der Waals surface area contributed by atoms with Crippen molar-refractivity contribution in [3.05, 3.63) is 40.3 Å². The van der Waals surface area contributed by atoms with Crippen molar-refractivity contribution in [3.8, 4) is 5.75 Å². The van der Waals surface area contributed by atoms with Gasteiger partial charge in [-0.3, -0.25) is 0 Å². The lowest BCUT2D eigenvalue weighted by atomic mass is 9.88. The Kier molecular flexibility index (Phi) is 6.46. The number of carbonyl (C=O) groups excluding carboxylic acids is 1. The van der Waals surface area contributed by atoms with Crippen LogP contribution in [-0.4, -0.2) is 24.8 Å². The Morgan fingerprint density at radius 2 is 2.07 bits per heavy atom. The minimum absolute atomic E-state index is 0.0193. The number of hydrogen-bond acceptors (Lipinski definition) is 5. The fraction of sp³-hybridized carbons (Fsp3) is 0.368. The van der Waals surface area contributed by atoms with Crippen LogP contribution in [-0.2, 0) is 17.6 Å². The van der Waals surface area contributed by atoms with E-state index in [1.165, 1.54) is 24.5 Å². The number of hydrogen-bond donors (Lipinski definition) is 2. The van der Waals surface area contributed by atoms with Gasteiger partial charge in [0.2, 0.25) is 0 Å². The second kappa shape index (κ2) is 8.83. The molecule has 1 heterocycles. The molecule has 0 aliphatic heterocycles. The molecular weight excluding hydrogens is 406 g/mol. The van der Waals surface area contributed by atoms with E-state index in [0.717, 1.165) is 29.7 Å². The van der Waals surface area contributed by atoms with E-state index in [-0.39, 0.29) is 10.9 Å². The number of halogens is 2. The largest absolute Gasteiger partial charge is 0.465 e. The predicted octanol–water partition coefficient (Wildman–Crippen LogP) is 5.07. The van der Waals surface area contributed by atoms with Crippen molar-refractivity contribution in [2.45, 2.75) is 32.8 Å². The summed E-state index contributed by atoms with van der Waals surface area (Å²) >= 11 is 6.80. The van der Waals surface area contributed by atoms with E-state index < -0.39 is 12.6 Å². The van der Waals surface area contributed by atoms with Gasteiger partial charge in [-0.15, -0.1) is 11.3 Å². The summed E-state index contributed by atoms with van der Waals surface area (Å²) in [6.45, 7) is -0.763. The number of thiocarbonyl (C=S) groups is 1. The number of fused-ring (bicyclic) bond motifs is 1. The highest BCUT2D eigenvalue weighted by atomic mass is 32.1. The van der Waals surface area contributed by atoms with Gasteiger partial charge in [0.05, 0.1) is 18.4 Å². The Balaban J connectivity index is 1.82. The number of carbonyl (C=O) groups is 1. The number of alkyl halides is 2. The third-order valence-corrected chi connectivity index (χ3v) is 5.85. The molecule has 1 aliphatic carbocycles. The van der Waals surface area contributed by atoms with E-state index in [9.17, 15) is 13.6 Å². The van der Waals surface area contributed by atoms with Crippen LogP contribution in [0.25, 0.3) is 0 Å². The van der Waals surface area contributed by atoms with Gasteiger partial charge in [-0.1, -0.05) is 19.1 Å². The van der Waals surface area contributed by atoms with Crippen molar-refractivity contribution >= 4 is 45.3 Å². The molecule has 2 N–H and O–H groups in total. The minimum Gasteiger partial charge on any atom is -0.465 e. The van der Waals surface area contributed by atoms with Gasteiger partial charge in [-0.2, -0.15) is 8.78 Å². The van der Waals surface area contributed by atoms with Crippen molar-refractivity contribution in [3.63, 3.8) is 0 Å². The third-order valence-electron chi connectivity index (χ3n) is 4.48. The normalized spacial score (nSPS) is 15.7. The van der Waals surface area contributed by atoms with Gasteiger partial charge in [0, 0.05) is 4.88 Å². The molecular formula is C19H20F2N2O3S2. The monoisotopic (exact) mass is 426 g/mol.